The quantitative estimate of drug-likeness (QED) is 0.483. The van der Waals surface area contributed by atoms with Crippen LogP contribution in [0.25, 0.3) is 11.1 Å². The van der Waals surface area contributed by atoms with Crippen LogP contribution in [0.1, 0.15) is 58.8 Å². The topological polar surface area (TPSA) is 22.1 Å². The van der Waals surface area contributed by atoms with Crippen LogP contribution in [0.15, 0.2) is 48.8 Å². The predicted octanol–water partition coefficient (Wildman–Crippen LogP) is 6.27. The monoisotopic (exact) mass is 311 g/mol. The second kappa shape index (κ2) is 10.0. The third-order valence-corrected chi connectivity index (χ3v) is 4.15. The molecule has 2 aromatic rings. The van der Waals surface area contributed by atoms with Gasteiger partial charge < -0.3 is 4.74 Å². The van der Waals surface area contributed by atoms with Gasteiger partial charge in [0.25, 0.3) is 0 Å². The molecular weight excluding hydrogens is 282 g/mol. The minimum Gasteiger partial charge on any atom is -0.491 e. The number of hydrogen-bond acceptors (Lipinski definition) is 2. The number of pyridine rings is 1. The van der Waals surface area contributed by atoms with E-state index >= 15 is 0 Å². The van der Waals surface area contributed by atoms with Gasteiger partial charge in [0.2, 0.25) is 0 Å². The number of nitrogens with zero attached hydrogens (tertiary/aromatic N) is 1. The van der Waals surface area contributed by atoms with Crippen LogP contribution in [0, 0.1) is 0 Å². The Morgan fingerprint density at radius 1 is 0.913 bits per heavy atom. The average Bonchev–Trinajstić information content (AvgIpc) is 2.59. The maximum atomic E-state index is 6.02. The van der Waals surface area contributed by atoms with Crippen molar-refractivity contribution in [2.24, 2.45) is 0 Å². The van der Waals surface area contributed by atoms with E-state index < -0.39 is 0 Å². The minimum atomic E-state index is 0.283. The molecule has 23 heavy (non-hydrogen) atoms. The first-order valence-electron chi connectivity index (χ1n) is 8.96. The molecule has 1 unspecified atom stereocenters. The number of aromatic nitrogens is 1. The van der Waals surface area contributed by atoms with Gasteiger partial charge in [0.1, 0.15) is 5.75 Å². The summed E-state index contributed by atoms with van der Waals surface area (Å²) in [5, 5.41) is 0. The maximum absolute atomic E-state index is 6.02. The summed E-state index contributed by atoms with van der Waals surface area (Å²) in [6, 6.07) is 12.3. The number of rotatable bonds is 10. The molecule has 1 aromatic heterocycles. The smallest absolute Gasteiger partial charge is 0.119 e. The normalized spacial score (nSPS) is 12.1. The zero-order chi connectivity index (χ0) is 16.3. The molecule has 0 amide bonds. The van der Waals surface area contributed by atoms with Crippen molar-refractivity contribution in [3.63, 3.8) is 0 Å². The molecule has 0 spiro atoms. The van der Waals surface area contributed by atoms with E-state index in [-0.39, 0.29) is 6.10 Å². The minimum absolute atomic E-state index is 0.283. The third kappa shape index (κ3) is 6.43. The molecule has 2 nitrogen and oxygen atoms in total. The molecule has 0 radical (unpaired) electrons. The molecule has 2 heteroatoms. The molecular formula is C21H29NO. The highest BCUT2D eigenvalue weighted by Crippen LogP contribution is 2.22. The van der Waals surface area contributed by atoms with Gasteiger partial charge in [0, 0.05) is 12.4 Å². The van der Waals surface area contributed by atoms with Crippen LogP contribution in [-0.2, 0) is 0 Å². The first-order chi connectivity index (χ1) is 11.3. The van der Waals surface area contributed by atoms with Gasteiger partial charge in [0.15, 0.2) is 0 Å². The zero-order valence-corrected chi connectivity index (χ0v) is 14.5. The van der Waals surface area contributed by atoms with Crippen molar-refractivity contribution in [2.45, 2.75) is 64.9 Å². The van der Waals surface area contributed by atoms with E-state index in [4.69, 9.17) is 4.74 Å². The maximum Gasteiger partial charge on any atom is 0.119 e. The third-order valence-electron chi connectivity index (χ3n) is 4.15. The fourth-order valence-electron chi connectivity index (χ4n) is 2.76. The van der Waals surface area contributed by atoms with Crippen molar-refractivity contribution in [2.75, 3.05) is 0 Å². The Labute approximate surface area is 140 Å². The van der Waals surface area contributed by atoms with Crippen molar-refractivity contribution >= 4 is 0 Å². The largest absolute Gasteiger partial charge is 0.491 e. The summed E-state index contributed by atoms with van der Waals surface area (Å²) in [5.41, 5.74) is 2.31. The van der Waals surface area contributed by atoms with Crippen LogP contribution in [0.3, 0.4) is 0 Å². The van der Waals surface area contributed by atoms with E-state index in [9.17, 15) is 0 Å². The van der Waals surface area contributed by atoms with Crippen LogP contribution < -0.4 is 4.74 Å². The highest BCUT2D eigenvalue weighted by atomic mass is 16.5. The van der Waals surface area contributed by atoms with Gasteiger partial charge in [-0.25, -0.2) is 0 Å². The summed E-state index contributed by atoms with van der Waals surface area (Å²) in [6.07, 6.45) is 13.1. The van der Waals surface area contributed by atoms with Crippen LogP contribution >= 0.6 is 0 Å². The highest BCUT2D eigenvalue weighted by molar-refractivity contribution is 5.62. The van der Waals surface area contributed by atoms with Crippen LogP contribution in [-0.4, -0.2) is 11.1 Å². The summed E-state index contributed by atoms with van der Waals surface area (Å²) in [5.74, 6) is 0.955. The van der Waals surface area contributed by atoms with E-state index in [1.807, 2.05) is 12.3 Å². The fraction of sp³-hybridized carbons (Fsp3) is 0.476. The van der Waals surface area contributed by atoms with Gasteiger partial charge >= 0.3 is 0 Å². The van der Waals surface area contributed by atoms with Crippen molar-refractivity contribution < 1.29 is 4.74 Å². The summed E-state index contributed by atoms with van der Waals surface area (Å²) in [4.78, 5) is 4.16. The molecule has 0 aliphatic carbocycles. The van der Waals surface area contributed by atoms with Crippen molar-refractivity contribution in [3.8, 4) is 16.9 Å². The lowest BCUT2D eigenvalue weighted by Crippen LogP contribution is -2.11. The Morgan fingerprint density at radius 2 is 1.65 bits per heavy atom. The lowest BCUT2D eigenvalue weighted by atomic mass is 10.1. The number of ether oxygens (including phenoxy) is 1. The Bertz CT molecular complexity index is 536. The van der Waals surface area contributed by atoms with Gasteiger partial charge in [-0.1, -0.05) is 57.2 Å². The lowest BCUT2D eigenvalue weighted by molar-refractivity contribution is 0.206. The van der Waals surface area contributed by atoms with Gasteiger partial charge in [-0.05, 0) is 49.1 Å². The average molecular weight is 311 g/mol. The molecule has 2 rings (SSSR count). The summed E-state index contributed by atoms with van der Waals surface area (Å²) < 4.78 is 6.02. The Kier molecular flexibility index (Phi) is 7.65. The predicted molar refractivity (Wildman–Crippen MR) is 97.8 cm³/mol. The Hall–Kier alpha value is -1.83. The SMILES string of the molecule is CCCCCCCCC(C)Oc1ccc(-c2cccnc2)cc1. The molecule has 1 heterocycles. The van der Waals surface area contributed by atoms with E-state index in [0.717, 1.165) is 17.7 Å². The first-order valence-corrected chi connectivity index (χ1v) is 8.96. The van der Waals surface area contributed by atoms with Gasteiger partial charge in [-0.15, -0.1) is 0 Å². The standard InChI is InChI=1S/C21H29NO/c1-3-4-5-6-7-8-10-18(2)23-21-14-12-19(13-15-21)20-11-9-16-22-17-20/h9,11-18H,3-8,10H2,1-2H3. The van der Waals surface area contributed by atoms with Gasteiger partial charge in [0.05, 0.1) is 6.10 Å². The van der Waals surface area contributed by atoms with Crippen molar-refractivity contribution in [3.05, 3.63) is 48.8 Å². The highest BCUT2D eigenvalue weighted by Gasteiger charge is 2.05. The van der Waals surface area contributed by atoms with E-state index in [2.05, 4.69) is 49.2 Å². The van der Waals surface area contributed by atoms with E-state index in [1.54, 1.807) is 6.20 Å². The van der Waals surface area contributed by atoms with Crippen LogP contribution in [0.4, 0.5) is 0 Å². The number of hydrogen-bond donors (Lipinski definition) is 0. The second-order valence-electron chi connectivity index (χ2n) is 6.25. The van der Waals surface area contributed by atoms with E-state index in [0.29, 0.717) is 0 Å². The molecule has 0 aliphatic heterocycles. The summed E-state index contributed by atoms with van der Waals surface area (Å²) in [7, 11) is 0. The molecule has 0 saturated heterocycles. The molecule has 0 bridgehead atoms. The molecule has 124 valence electrons. The molecule has 1 atom stereocenters. The van der Waals surface area contributed by atoms with Crippen LogP contribution in [0.2, 0.25) is 0 Å². The Morgan fingerprint density at radius 3 is 2.35 bits per heavy atom. The Balaban J connectivity index is 1.73. The number of benzene rings is 1. The van der Waals surface area contributed by atoms with Gasteiger partial charge in [-0.3, -0.25) is 4.98 Å². The molecule has 1 aromatic carbocycles. The van der Waals surface area contributed by atoms with Crippen LogP contribution in [0.5, 0.6) is 5.75 Å². The summed E-state index contributed by atoms with van der Waals surface area (Å²) >= 11 is 0. The molecule has 0 fully saturated rings. The molecule has 0 saturated carbocycles. The fourth-order valence-corrected chi connectivity index (χ4v) is 2.76. The zero-order valence-electron chi connectivity index (χ0n) is 14.5. The second-order valence-corrected chi connectivity index (χ2v) is 6.25. The van der Waals surface area contributed by atoms with Gasteiger partial charge in [-0.2, -0.15) is 0 Å². The lowest BCUT2D eigenvalue weighted by Gasteiger charge is -2.15. The molecule has 0 N–H and O–H groups in total. The number of unbranched alkanes of at least 4 members (excludes halogenated alkanes) is 5. The molecule has 0 aliphatic rings. The van der Waals surface area contributed by atoms with Crippen molar-refractivity contribution in [1.82, 2.24) is 4.98 Å². The van der Waals surface area contributed by atoms with E-state index in [1.165, 1.54) is 44.1 Å². The summed E-state index contributed by atoms with van der Waals surface area (Å²) in [6.45, 7) is 4.43. The first kappa shape index (κ1) is 17.5. The van der Waals surface area contributed by atoms with Crippen molar-refractivity contribution in [1.29, 1.82) is 0 Å².